The van der Waals surface area contributed by atoms with Crippen molar-refractivity contribution in [3.05, 3.63) is 35.9 Å². The van der Waals surface area contributed by atoms with Crippen LogP contribution in [0.2, 0.25) is 0 Å². The second-order valence-corrected chi connectivity index (χ2v) is 4.37. The van der Waals surface area contributed by atoms with Gasteiger partial charge in [-0.1, -0.05) is 30.3 Å². The maximum atomic E-state index is 11.7. The van der Waals surface area contributed by atoms with Gasteiger partial charge in [0, 0.05) is 6.04 Å². The fourth-order valence-corrected chi connectivity index (χ4v) is 2.31. The highest BCUT2D eigenvalue weighted by Gasteiger charge is 2.27. The molecular weight excluding hydrogens is 214 g/mol. The molecule has 92 valence electrons. The molecule has 1 aromatic carbocycles. The second kappa shape index (κ2) is 5.82. The molecule has 0 aromatic heterocycles. The van der Waals surface area contributed by atoms with E-state index in [9.17, 15) is 4.79 Å². The Labute approximate surface area is 102 Å². The Morgan fingerprint density at radius 1 is 1.35 bits per heavy atom. The minimum absolute atomic E-state index is 0.117. The van der Waals surface area contributed by atoms with Gasteiger partial charge in [0.15, 0.2) is 0 Å². The van der Waals surface area contributed by atoms with Crippen LogP contribution in [0.15, 0.2) is 30.3 Å². The zero-order chi connectivity index (χ0) is 12.1. The van der Waals surface area contributed by atoms with E-state index in [0.717, 1.165) is 19.3 Å². The average Bonchev–Trinajstić information content (AvgIpc) is 2.40. The first-order valence-corrected chi connectivity index (χ1v) is 6.29. The van der Waals surface area contributed by atoms with Crippen LogP contribution >= 0.6 is 0 Å². The smallest absolute Gasteiger partial charge is 0.323 e. The molecule has 17 heavy (non-hydrogen) atoms. The molecular formula is C14H19NO2. The van der Waals surface area contributed by atoms with E-state index in [0.29, 0.717) is 6.61 Å². The molecule has 1 N–H and O–H groups in total. The molecule has 3 nitrogen and oxygen atoms in total. The molecule has 2 atom stereocenters. The lowest BCUT2D eigenvalue weighted by Crippen LogP contribution is -2.43. The van der Waals surface area contributed by atoms with Gasteiger partial charge in [-0.3, -0.25) is 10.1 Å². The minimum Gasteiger partial charge on any atom is -0.465 e. The van der Waals surface area contributed by atoms with E-state index in [4.69, 9.17) is 4.74 Å². The van der Waals surface area contributed by atoms with Gasteiger partial charge in [-0.2, -0.15) is 0 Å². The summed E-state index contributed by atoms with van der Waals surface area (Å²) in [5.74, 6) is -0.117. The average molecular weight is 233 g/mol. The molecule has 0 spiro atoms. The van der Waals surface area contributed by atoms with E-state index in [1.54, 1.807) is 0 Å². The fourth-order valence-electron chi connectivity index (χ4n) is 2.31. The molecule has 3 heteroatoms. The van der Waals surface area contributed by atoms with Gasteiger partial charge < -0.3 is 4.74 Å². The van der Waals surface area contributed by atoms with E-state index in [2.05, 4.69) is 17.4 Å². The van der Waals surface area contributed by atoms with Gasteiger partial charge in [-0.15, -0.1) is 0 Å². The highest BCUT2D eigenvalue weighted by atomic mass is 16.5. The van der Waals surface area contributed by atoms with Crippen molar-refractivity contribution in [3.8, 4) is 0 Å². The van der Waals surface area contributed by atoms with E-state index in [1.807, 2.05) is 25.1 Å². The molecule has 1 aliphatic heterocycles. The topological polar surface area (TPSA) is 38.3 Å². The molecule has 0 aliphatic carbocycles. The largest absolute Gasteiger partial charge is 0.465 e. The van der Waals surface area contributed by atoms with Crippen LogP contribution in [0.1, 0.15) is 37.8 Å². The Hall–Kier alpha value is -1.35. The first-order valence-electron chi connectivity index (χ1n) is 6.29. The van der Waals surface area contributed by atoms with Crippen molar-refractivity contribution in [2.24, 2.45) is 0 Å². The van der Waals surface area contributed by atoms with Crippen LogP contribution in [0.5, 0.6) is 0 Å². The molecule has 1 fully saturated rings. The molecule has 1 saturated heterocycles. The first kappa shape index (κ1) is 12.1. The van der Waals surface area contributed by atoms with Crippen molar-refractivity contribution < 1.29 is 9.53 Å². The zero-order valence-corrected chi connectivity index (χ0v) is 10.2. The molecule has 0 amide bonds. The van der Waals surface area contributed by atoms with Crippen LogP contribution in [0.4, 0.5) is 0 Å². The highest BCUT2D eigenvalue weighted by molar-refractivity contribution is 5.75. The number of carbonyl (C=O) groups excluding carboxylic acids is 1. The monoisotopic (exact) mass is 233 g/mol. The third-order valence-corrected chi connectivity index (χ3v) is 3.16. The van der Waals surface area contributed by atoms with Crippen molar-refractivity contribution in [2.75, 3.05) is 6.61 Å². The summed E-state index contributed by atoms with van der Waals surface area (Å²) in [6.45, 7) is 2.29. The van der Waals surface area contributed by atoms with Gasteiger partial charge in [-0.25, -0.2) is 0 Å². The summed E-state index contributed by atoms with van der Waals surface area (Å²) in [5.41, 5.74) is 1.25. The third kappa shape index (κ3) is 3.07. The molecule has 0 saturated carbocycles. The zero-order valence-electron chi connectivity index (χ0n) is 10.2. The maximum absolute atomic E-state index is 11.7. The van der Waals surface area contributed by atoms with Gasteiger partial charge in [0.25, 0.3) is 0 Å². The molecule has 1 aromatic rings. The lowest BCUT2D eigenvalue weighted by atomic mass is 9.93. The van der Waals surface area contributed by atoms with E-state index in [1.165, 1.54) is 5.56 Å². The highest BCUT2D eigenvalue weighted by Crippen LogP contribution is 2.25. The second-order valence-electron chi connectivity index (χ2n) is 4.37. The predicted molar refractivity (Wildman–Crippen MR) is 66.6 cm³/mol. The fraction of sp³-hybridized carbons (Fsp3) is 0.500. The SMILES string of the molecule is CCOC(=O)[C@@H]1CCC[C@H](c2ccccc2)N1. The number of ether oxygens (including phenoxy) is 1. The Bertz CT molecular complexity index is 364. The van der Waals surface area contributed by atoms with Crippen LogP contribution in [0, 0.1) is 0 Å². The van der Waals surface area contributed by atoms with E-state index < -0.39 is 0 Å². The number of hydrogen-bond donors (Lipinski definition) is 1. The van der Waals surface area contributed by atoms with Crippen molar-refractivity contribution >= 4 is 5.97 Å². The lowest BCUT2D eigenvalue weighted by molar-refractivity contribution is -0.146. The van der Waals surface area contributed by atoms with Crippen LogP contribution in [0.3, 0.4) is 0 Å². The summed E-state index contributed by atoms with van der Waals surface area (Å²) in [6, 6.07) is 10.4. The Balaban J connectivity index is 2.00. The van der Waals surface area contributed by atoms with Gasteiger partial charge >= 0.3 is 5.97 Å². The van der Waals surface area contributed by atoms with Crippen molar-refractivity contribution in [1.29, 1.82) is 0 Å². The molecule has 0 unspecified atom stereocenters. The van der Waals surface area contributed by atoms with Crippen molar-refractivity contribution in [1.82, 2.24) is 5.32 Å². The Morgan fingerprint density at radius 3 is 2.82 bits per heavy atom. The maximum Gasteiger partial charge on any atom is 0.323 e. The van der Waals surface area contributed by atoms with Gasteiger partial charge in [0.1, 0.15) is 6.04 Å². The minimum atomic E-state index is -0.145. The summed E-state index contributed by atoms with van der Waals surface area (Å²) in [6.07, 6.45) is 3.03. The Kier molecular flexibility index (Phi) is 4.15. The summed E-state index contributed by atoms with van der Waals surface area (Å²) in [4.78, 5) is 11.7. The number of nitrogens with one attached hydrogen (secondary N) is 1. The van der Waals surface area contributed by atoms with Crippen molar-refractivity contribution in [2.45, 2.75) is 38.3 Å². The molecule has 2 rings (SSSR count). The number of esters is 1. The van der Waals surface area contributed by atoms with Crippen molar-refractivity contribution in [3.63, 3.8) is 0 Å². The number of benzene rings is 1. The van der Waals surface area contributed by atoms with E-state index in [-0.39, 0.29) is 18.1 Å². The molecule has 1 heterocycles. The number of hydrogen-bond acceptors (Lipinski definition) is 3. The summed E-state index contributed by atoms with van der Waals surface area (Å²) in [7, 11) is 0. The quantitative estimate of drug-likeness (QED) is 0.815. The van der Waals surface area contributed by atoms with Crippen LogP contribution in [-0.4, -0.2) is 18.6 Å². The van der Waals surface area contributed by atoms with Crippen LogP contribution in [0.25, 0.3) is 0 Å². The lowest BCUT2D eigenvalue weighted by Gasteiger charge is -2.29. The van der Waals surface area contributed by atoms with Crippen LogP contribution in [-0.2, 0) is 9.53 Å². The third-order valence-electron chi connectivity index (χ3n) is 3.16. The summed E-state index contributed by atoms with van der Waals surface area (Å²) < 4.78 is 5.06. The van der Waals surface area contributed by atoms with Crippen LogP contribution < -0.4 is 5.32 Å². The molecule has 1 aliphatic rings. The molecule has 0 bridgehead atoms. The first-order chi connectivity index (χ1) is 8.31. The normalized spacial score (nSPS) is 24.3. The van der Waals surface area contributed by atoms with Gasteiger partial charge in [0.2, 0.25) is 0 Å². The number of carbonyl (C=O) groups is 1. The summed E-state index contributed by atoms with van der Waals surface area (Å²) >= 11 is 0. The van der Waals surface area contributed by atoms with Gasteiger partial charge in [0.05, 0.1) is 6.61 Å². The number of piperidine rings is 1. The Morgan fingerprint density at radius 2 is 2.12 bits per heavy atom. The molecule has 0 radical (unpaired) electrons. The van der Waals surface area contributed by atoms with E-state index >= 15 is 0 Å². The van der Waals surface area contributed by atoms with Gasteiger partial charge in [-0.05, 0) is 31.7 Å². The number of rotatable bonds is 3. The summed E-state index contributed by atoms with van der Waals surface area (Å²) in [5, 5.41) is 3.38. The predicted octanol–water partition coefficient (Wildman–Crippen LogP) is 2.43. The standard InChI is InChI=1S/C14H19NO2/c1-2-17-14(16)13-10-6-9-12(15-13)11-7-4-3-5-8-11/h3-5,7-8,12-13,15H,2,6,9-10H2,1H3/t12-,13+/m1/s1.